The van der Waals surface area contributed by atoms with Crippen LogP contribution >= 0.6 is 0 Å². The number of allylic oxidation sites excluding steroid dienone is 1. The number of nitriles is 1. The molecule has 2 aromatic carbocycles. The molecule has 5 heteroatoms. The van der Waals surface area contributed by atoms with Crippen LogP contribution in [-0.2, 0) is 0 Å². The fourth-order valence-electron chi connectivity index (χ4n) is 2.25. The molecule has 0 aliphatic rings. The second kappa shape index (κ2) is 6.24. The summed E-state index contributed by atoms with van der Waals surface area (Å²) in [6.07, 6.45) is 1.67. The van der Waals surface area contributed by atoms with Crippen LogP contribution in [0.4, 0.5) is 11.4 Å². The predicted octanol–water partition coefficient (Wildman–Crippen LogP) is 3.61. The summed E-state index contributed by atoms with van der Waals surface area (Å²) < 4.78 is 0. The molecule has 0 saturated carbocycles. The topological polar surface area (TPSA) is 67.7 Å². The van der Waals surface area contributed by atoms with E-state index in [1.165, 1.54) is 0 Å². The molecule has 1 aromatic heterocycles. The number of hydrogen-bond acceptors (Lipinski definition) is 4. The minimum absolute atomic E-state index is 0.456. The molecule has 23 heavy (non-hydrogen) atoms. The Labute approximate surface area is 134 Å². The van der Waals surface area contributed by atoms with Gasteiger partial charge in [-0.3, -0.25) is 0 Å². The number of hydrogen-bond donors (Lipinski definition) is 2. The van der Waals surface area contributed by atoms with Gasteiger partial charge in [-0.1, -0.05) is 12.1 Å². The summed E-state index contributed by atoms with van der Waals surface area (Å²) in [4.78, 5) is 9.64. The fourth-order valence-corrected chi connectivity index (χ4v) is 2.25. The van der Waals surface area contributed by atoms with Gasteiger partial charge in [-0.25, -0.2) is 4.98 Å². The predicted molar refractivity (Wildman–Crippen MR) is 94.1 cm³/mol. The average molecular weight is 303 g/mol. The van der Waals surface area contributed by atoms with E-state index in [1.54, 1.807) is 6.20 Å². The second-order valence-electron chi connectivity index (χ2n) is 5.36. The molecule has 0 atom stereocenters. The van der Waals surface area contributed by atoms with E-state index in [1.807, 2.05) is 67.5 Å². The highest BCUT2D eigenvalue weighted by Crippen LogP contribution is 2.18. The summed E-state index contributed by atoms with van der Waals surface area (Å²) >= 11 is 0. The van der Waals surface area contributed by atoms with Gasteiger partial charge in [0.1, 0.15) is 11.6 Å². The number of imidazole rings is 1. The maximum absolute atomic E-state index is 9.37. The number of para-hydroxylation sites is 2. The number of nitrogens with one attached hydrogen (secondary N) is 2. The zero-order chi connectivity index (χ0) is 16.2. The fraction of sp³-hybridized carbons (Fsp3) is 0.111. The maximum atomic E-state index is 9.37. The summed E-state index contributed by atoms with van der Waals surface area (Å²) in [7, 11) is 4.00. The van der Waals surface area contributed by atoms with Gasteiger partial charge in [-0.15, -0.1) is 0 Å². The number of rotatable bonds is 4. The third-order valence-electron chi connectivity index (χ3n) is 3.53. The smallest absolute Gasteiger partial charge is 0.150 e. The summed E-state index contributed by atoms with van der Waals surface area (Å²) in [6.45, 7) is 0. The van der Waals surface area contributed by atoms with E-state index in [4.69, 9.17) is 0 Å². The lowest BCUT2D eigenvalue weighted by Gasteiger charge is -2.12. The van der Waals surface area contributed by atoms with Gasteiger partial charge in [-0.2, -0.15) is 5.26 Å². The van der Waals surface area contributed by atoms with Crippen molar-refractivity contribution in [2.45, 2.75) is 0 Å². The largest absolute Gasteiger partial charge is 0.378 e. The number of fused-ring (bicyclic) bond motifs is 1. The van der Waals surface area contributed by atoms with Gasteiger partial charge in [0.2, 0.25) is 0 Å². The molecule has 3 rings (SSSR count). The Morgan fingerprint density at radius 3 is 2.57 bits per heavy atom. The normalized spacial score (nSPS) is 11.3. The molecule has 0 saturated heterocycles. The Morgan fingerprint density at radius 1 is 1.17 bits per heavy atom. The molecule has 0 radical (unpaired) electrons. The highest BCUT2D eigenvalue weighted by atomic mass is 15.1. The van der Waals surface area contributed by atoms with Crippen molar-refractivity contribution in [3.05, 3.63) is 60.6 Å². The minimum Gasteiger partial charge on any atom is -0.378 e. The van der Waals surface area contributed by atoms with E-state index in [9.17, 15) is 5.26 Å². The first-order chi connectivity index (χ1) is 11.2. The van der Waals surface area contributed by atoms with Gasteiger partial charge in [0.25, 0.3) is 0 Å². The van der Waals surface area contributed by atoms with Crippen molar-refractivity contribution in [3.8, 4) is 6.07 Å². The molecule has 0 unspecified atom stereocenters. The van der Waals surface area contributed by atoms with E-state index in [0.717, 1.165) is 22.4 Å². The van der Waals surface area contributed by atoms with Crippen LogP contribution in [0.5, 0.6) is 0 Å². The Bertz CT molecular complexity index is 849. The van der Waals surface area contributed by atoms with Crippen LogP contribution in [0.1, 0.15) is 5.82 Å². The zero-order valence-corrected chi connectivity index (χ0v) is 13.0. The SMILES string of the molecule is CN(C)c1ccc(N/C=C(\C#N)c2nc3ccccc3[nH]2)cc1. The number of benzene rings is 2. The van der Waals surface area contributed by atoms with Gasteiger partial charge in [-0.05, 0) is 36.4 Å². The molecular weight excluding hydrogens is 286 g/mol. The highest BCUT2D eigenvalue weighted by molar-refractivity contribution is 5.82. The Balaban J connectivity index is 1.83. The number of nitrogens with zero attached hydrogens (tertiary/aromatic N) is 3. The van der Waals surface area contributed by atoms with E-state index >= 15 is 0 Å². The quantitative estimate of drug-likeness (QED) is 0.723. The molecule has 0 bridgehead atoms. The van der Waals surface area contributed by atoms with E-state index < -0.39 is 0 Å². The summed E-state index contributed by atoms with van der Waals surface area (Å²) in [6, 6.07) is 17.9. The van der Waals surface area contributed by atoms with Gasteiger partial charge in [0.05, 0.1) is 11.0 Å². The van der Waals surface area contributed by atoms with Gasteiger partial charge in [0.15, 0.2) is 5.82 Å². The van der Waals surface area contributed by atoms with Crippen LogP contribution in [0.2, 0.25) is 0 Å². The van der Waals surface area contributed by atoms with E-state index in [-0.39, 0.29) is 0 Å². The molecule has 0 aliphatic carbocycles. The Morgan fingerprint density at radius 2 is 1.91 bits per heavy atom. The summed E-state index contributed by atoms with van der Waals surface area (Å²) in [5.74, 6) is 0.561. The number of aromatic amines is 1. The van der Waals surface area contributed by atoms with E-state index in [2.05, 4.69) is 21.4 Å². The van der Waals surface area contributed by atoms with Crippen LogP contribution in [0.25, 0.3) is 16.6 Å². The molecular formula is C18H17N5. The lowest BCUT2D eigenvalue weighted by atomic mass is 10.2. The van der Waals surface area contributed by atoms with Crippen LogP contribution in [-0.4, -0.2) is 24.1 Å². The van der Waals surface area contributed by atoms with Crippen LogP contribution in [0.15, 0.2) is 54.7 Å². The first-order valence-corrected chi connectivity index (χ1v) is 7.26. The average Bonchev–Trinajstić information content (AvgIpc) is 2.99. The van der Waals surface area contributed by atoms with Crippen LogP contribution < -0.4 is 10.2 Å². The molecule has 0 fully saturated rings. The van der Waals surface area contributed by atoms with Crippen molar-refractivity contribution in [3.63, 3.8) is 0 Å². The number of aromatic nitrogens is 2. The molecule has 3 aromatic rings. The first kappa shape index (κ1) is 14.7. The molecule has 0 spiro atoms. The number of H-pyrrole nitrogens is 1. The number of anilines is 2. The molecule has 0 aliphatic heterocycles. The van der Waals surface area contributed by atoms with Gasteiger partial charge < -0.3 is 15.2 Å². The lowest BCUT2D eigenvalue weighted by Crippen LogP contribution is -2.08. The second-order valence-corrected chi connectivity index (χ2v) is 5.36. The van der Waals surface area contributed by atoms with Gasteiger partial charge in [0, 0.05) is 31.7 Å². The minimum atomic E-state index is 0.456. The molecule has 1 heterocycles. The van der Waals surface area contributed by atoms with Crippen molar-refractivity contribution in [1.82, 2.24) is 9.97 Å². The summed E-state index contributed by atoms with van der Waals surface area (Å²) in [5.41, 5.74) is 4.26. The first-order valence-electron chi connectivity index (χ1n) is 7.26. The lowest BCUT2D eigenvalue weighted by molar-refractivity contribution is 1.13. The van der Waals surface area contributed by atoms with Gasteiger partial charge >= 0.3 is 0 Å². The van der Waals surface area contributed by atoms with Crippen molar-refractivity contribution < 1.29 is 0 Å². The van der Waals surface area contributed by atoms with Crippen LogP contribution in [0, 0.1) is 11.3 Å². The highest BCUT2D eigenvalue weighted by Gasteiger charge is 2.07. The standard InChI is InChI=1S/C18H17N5/c1-23(2)15-9-7-14(8-10-15)20-12-13(11-19)18-21-16-5-3-4-6-17(16)22-18/h3-10,12,20H,1-2H3,(H,21,22)/b13-12+. The Kier molecular flexibility index (Phi) is 3.98. The maximum Gasteiger partial charge on any atom is 0.150 e. The molecule has 2 N–H and O–H groups in total. The molecule has 0 amide bonds. The van der Waals surface area contributed by atoms with Crippen molar-refractivity contribution >= 4 is 28.0 Å². The molecule has 5 nitrogen and oxygen atoms in total. The zero-order valence-electron chi connectivity index (χ0n) is 13.0. The van der Waals surface area contributed by atoms with E-state index in [0.29, 0.717) is 11.4 Å². The third kappa shape index (κ3) is 3.16. The van der Waals surface area contributed by atoms with Crippen molar-refractivity contribution in [1.29, 1.82) is 5.26 Å². The third-order valence-corrected chi connectivity index (χ3v) is 3.53. The Hall–Kier alpha value is -3.26. The molecule has 114 valence electrons. The van der Waals surface area contributed by atoms with Crippen molar-refractivity contribution in [2.24, 2.45) is 0 Å². The monoisotopic (exact) mass is 303 g/mol. The van der Waals surface area contributed by atoms with Crippen LogP contribution in [0.3, 0.4) is 0 Å². The van der Waals surface area contributed by atoms with Crippen molar-refractivity contribution in [2.75, 3.05) is 24.3 Å². The summed E-state index contributed by atoms with van der Waals surface area (Å²) in [5, 5.41) is 12.5.